The van der Waals surface area contributed by atoms with Crippen LogP contribution < -0.4 is 14.8 Å². The van der Waals surface area contributed by atoms with E-state index in [0.29, 0.717) is 24.5 Å². The molecule has 1 aromatic rings. The number of rotatable bonds is 4. The summed E-state index contributed by atoms with van der Waals surface area (Å²) in [5.41, 5.74) is 0.850. The minimum Gasteiger partial charge on any atom is -0.481 e. The first-order chi connectivity index (χ1) is 8.28. The summed E-state index contributed by atoms with van der Waals surface area (Å²) in [6.07, 6.45) is 3.67. The Bertz CT molecular complexity index is 365. The molecular weight excluding hydrogens is 218 g/mol. The van der Waals surface area contributed by atoms with Crippen LogP contribution in [0.25, 0.3) is 0 Å². The molecule has 2 heterocycles. The molecule has 5 heteroatoms. The average Bonchev–Trinajstić information content (AvgIpc) is 2.37. The summed E-state index contributed by atoms with van der Waals surface area (Å²) in [5, 5.41) is 3.42. The van der Waals surface area contributed by atoms with Crippen molar-refractivity contribution in [3.8, 4) is 11.9 Å². The Morgan fingerprint density at radius 2 is 2.29 bits per heavy atom. The summed E-state index contributed by atoms with van der Waals surface area (Å²) in [7, 11) is 1.59. The van der Waals surface area contributed by atoms with Gasteiger partial charge in [0.15, 0.2) is 0 Å². The fraction of sp³-hybridized carbons (Fsp3) is 0.667. The van der Waals surface area contributed by atoms with E-state index in [0.717, 1.165) is 18.7 Å². The fourth-order valence-corrected chi connectivity index (χ4v) is 1.92. The second-order valence-electron chi connectivity index (χ2n) is 4.29. The standard InChI is InChI=1S/C12H19N3O2/c1-9-7-11(16-2)15-12(14-9)17-8-10-5-3-4-6-13-10/h7,10,13H,3-6,8H2,1-2H3. The lowest BCUT2D eigenvalue weighted by molar-refractivity contribution is 0.221. The van der Waals surface area contributed by atoms with E-state index >= 15 is 0 Å². The van der Waals surface area contributed by atoms with Gasteiger partial charge in [0.05, 0.1) is 7.11 Å². The SMILES string of the molecule is COc1cc(C)nc(OCC2CCCCN2)n1. The molecule has 17 heavy (non-hydrogen) atoms. The van der Waals surface area contributed by atoms with Crippen LogP contribution in [0.3, 0.4) is 0 Å². The number of methoxy groups -OCH3 is 1. The van der Waals surface area contributed by atoms with E-state index in [9.17, 15) is 0 Å². The van der Waals surface area contributed by atoms with Gasteiger partial charge in [0.2, 0.25) is 5.88 Å². The summed E-state index contributed by atoms with van der Waals surface area (Å²) in [6, 6.07) is 2.60. The Morgan fingerprint density at radius 1 is 1.41 bits per heavy atom. The Hall–Kier alpha value is -1.36. The van der Waals surface area contributed by atoms with Crippen LogP contribution in [0.4, 0.5) is 0 Å². The van der Waals surface area contributed by atoms with Gasteiger partial charge < -0.3 is 14.8 Å². The summed E-state index contributed by atoms with van der Waals surface area (Å²) < 4.78 is 10.7. The van der Waals surface area contributed by atoms with Gasteiger partial charge in [-0.1, -0.05) is 6.42 Å². The van der Waals surface area contributed by atoms with Gasteiger partial charge in [0.25, 0.3) is 0 Å². The molecular formula is C12H19N3O2. The summed E-state index contributed by atoms with van der Waals surface area (Å²) >= 11 is 0. The first-order valence-corrected chi connectivity index (χ1v) is 6.04. The van der Waals surface area contributed by atoms with Gasteiger partial charge in [-0.25, -0.2) is 4.98 Å². The van der Waals surface area contributed by atoms with E-state index in [2.05, 4.69) is 15.3 Å². The Kier molecular flexibility index (Phi) is 4.14. The molecule has 1 saturated heterocycles. The zero-order chi connectivity index (χ0) is 12.1. The highest BCUT2D eigenvalue weighted by atomic mass is 16.5. The van der Waals surface area contributed by atoms with E-state index in [1.807, 2.05) is 6.92 Å². The van der Waals surface area contributed by atoms with Gasteiger partial charge >= 0.3 is 6.01 Å². The van der Waals surface area contributed by atoms with Crippen molar-refractivity contribution in [3.05, 3.63) is 11.8 Å². The largest absolute Gasteiger partial charge is 0.481 e. The van der Waals surface area contributed by atoms with E-state index in [-0.39, 0.29) is 0 Å². The van der Waals surface area contributed by atoms with Gasteiger partial charge in [0, 0.05) is 17.8 Å². The predicted molar refractivity (Wildman–Crippen MR) is 64.5 cm³/mol. The van der Waals surface area contributed by atoms with Crippen molar-refractivity contribution in [3.63, 3.8) is 0 Å². The first kappa shape index (κ1) is 12.1. The third-order valence-corrected chi connectivity index (χ3v) is 2.85. The molecule has 1 atom stereocenters. The Labute approximate surface area is 102 Å². The Balaban J connectivity index is 1.91. The molecule has 1 N–H and O–H groups in total. The van der Waals surface area contributed by atoms with Crippen LogP contribution in [-0.4, -0.2) is 36.3 Å². The second kappa shape index (κ2) is 5.82. The minimum absolute atomic E-state index is 0.397. The molecule has 0 aliphatic carbocycles. The summed E-state index contributed by atoms with van der Waals surface area (Å²) in [6.45, 7) is 3.59. The molecule has 94 valence electrons. The van der Waals surface area contributed by atoms with Gasteiger partial charge in [-0.3, -0.25) is 0 Å². The fourth-order valence-electron chi connectivity index (χ4n) is 1.92. The maximum atomic E-state index is 5.60. The number of hydrogen-bond acceptors (Lipinski definition) is 5. The molecule has 1 unspecified atom stereocenters. The number of piperidine rings is 1. The number of ether oxygens (including phenoxy) is 2. The van der Waals surface area contributed by atoms with Crippen molar-refractivity contribution < 1.29 is 9.47 Å². The van der Waals surface area contributed by atoms with Crippen LogP contribution in [0.15, 0.2) is 6.07 Å². The quantitative estimate of drug-likeness (QED) is 0.855. The van der Waals surface area contributed by atoms with E-state index in [4.69, 9.17) is 9.47 Å². The van der Waals surface area contributed by atoms with Crippen molar-refractivity contribution in [2.24, 2.45) is 0 Å². The van der Waals surface area contributed by atoms with Crippen molar-refractivity contribution in [1.82, 2.24) is 15.3 Å². The predicted octanol–water partition coefficient (Wildman–Crippen LogP) is 1.31. The maximum absolute atomic E-state index is 5.60. The van der Waals surface area contributed by atoms with Crippen molar-refractivity contribution >= 4 is 0 Å². The lowest BCUT2D eigenvalue weighted by Crippen LogP contribution is -2.38. The van der Waals surface area contributed by atoms with E-state index in [1.165, 1.54) is 12.8 Å². The Morgan fingerprint density at radius 3 is 3.00 bits per heavy atom. The lowest BCUT2D eigenvalue weighted by atomic mass is 10.1. The highest BCUT2D eigenvalue weighted by Gasteiger charge is 2.14. The molecule has 0 saturated carbocycles. The molecule has 0 spiro atoms. The summed E-state index contributed by atoms with van der Waals surface area (Å²) in [5.74, 6) is 0.545. The van der Waals surface area contributed by atoms with Crippen LogP contribution in [0.5, 0.6) is 11.9 Å². The molecule has 0 aromatic carbocycles. The normalized spacial score (nSPS) is 20.0. The van der Waals surface area contributed by atoms with Crippen LogP contribution in [0.1, 0.15) is 25.0 Å². The van der Waals surface area contributed by atoms with Crippen LogP contribution >= 0.6 is 0 Å². The molecule has 5 nitrogen and oxygen atoms in total. The lowest BCUT2D eigenvalue weighted by Gasteiger charge is -2.22. The van der Waals surface area contributed by atoms with Crippen LogP contribution in [0, 0.1) is 6.92 Å². The number of hydrogen-bond donors (Lipinski definition) is 1. The van der Waals surface area contributed by atoms with E-state index in [1.54, 1.807) is 13.2 Å². The van der Waals surface area contributed by atoms with Gasteiger partial charge in [-0.2, -0.15) is 4.98 Å². The zero-order valence-electron chi connectivity index (χ0n) is 10.4. The average molecular weight is 237 g/mol. The zero-order valence-corrected chi connectivity index (χ0v) is 10.4. The number of aromatic nitrogens is 2. The first-order valence-electron chi connectivity index (χ1n) is 6.04. The molecule has 2 rings (SSSR count). The van der Waals surface area contributed by atoms with E-state index < -0.39 is 0 Å². The molecule has 1 aromatic heterocycles. The molecule has 1 aliphatic rings. The maximum Gasteiger partial charge on any atom is 0.319 e. The smallest absolute Gasteiger partial charge is 0.319 e. The minimum atomic E-state index is 0.397. The molecule has 0 bridgehead atoms. The van der Waals surface area contributed by atoms with Crippen molar-refractivity contribution in [1.29, 1.82) is 0 Å². The van der Waals surface area contributed by atoms with Crippen LogP contribution in [0.2, 0.25) is 0 Å². The summed E-state index contributed by atoms with van der Waals surface area (Å²) in [4.78, 5) is 8.38. The molecule has 0 radical (unpaired) electrons. The topological polar surface area (TPSA) is 56.3 Å². The highest BCUT2D eigenvalue weighted by molar-refractivity contribution is 5.17. The third-order valence-electron chi connectivity index (χ3n) is 2.85. The second-order valence-corrected chi connectivity index (χ2v) is 4.29. The van der Waals surface area contributed by atoms with Crippen molar-refractivity contribution in [2.75, 3.05) is 20.3 Å². The van der Waals surface area contributed by atoms with Gasteiger partial charge in [0.1, 0.15) is 6.61 Å². The number of nitrogens with zero attached hydrogens (tertiary/aromatic N) is 2. The molecule has 0 amide bonds. The number of nitrogens with one attached hydrogen (secondary N) is 1. The highest BCUT2D eigenvalue weighted by Crippen LogP contribution is 2.14. The number of aryl methyl sites for hydroxylation is 1. The van der Waals surface area contributed by atoms with Gasteiger partial charge in [-0.05, 0) is 26.3 Å². The molecule has 1 aliphatic heterocycles. The third kappa shape index (κ3) is 3.56. The molecule has 1 fully saturated rings. The van der Waals surface area contributed by atoms with Crippen molar-refractivity contribution in [2.45, 2.75) is 32.2 Å². The van der Waals surface area contributed by atoms with Gasteiger partial charge in [-0.15, -0.1) is 0 Å². The van der Waals surface area contributed by atoms with Crippen LogP contribution in [-0.2, 0) is 0 Å². The monoisotopic (exact) mass is 237 g/mol.